The summed E-state index contributed by atoms with van der Waals surface area (Å²) in [6.45, 7) is 5.16. The predicted molar refractivity (Wildman–Crippen MR) is 42.4 cm³/mol. The predicted octanol–water partition coefficient (Wildman–Crippen LogP) is 0.946. The zero-order valence-corrected chi connectivity index (χ0v) is 6.91. The molecular formula is C8H11NO3. The number of aliphatic carboxylic acids is 1. The van der Waals surface area contributed by atoms with Crippen molar-refractivity contribution in [2.24, 2.45) is 0 Å². The Morgan fingerprint density at radius 2 is 2.42 bits per heavy atom. The fourth-order valence-corrected chi connectivity index (χ4v) is 0.556. The van der Waals surface area contributed by atoms with E-state index in [-0.39, 0.29) is 18.6 Å². The van der Waals surface area contributed by atoms with E-state index in [1.54, 1.807) is 6.92 Å². The molecule has 1 atom stereocenters. The summed E-state index contributed by atoms with van der Waals surface area (Å²) in [7, 11) is 0. The second-order valence-corrected chi connectivity index (χ2v) is 2.25. The van der Waals surface area contributed by atoms with Gasteiger partial charge in [-0.05, 0) is 6.92 Å². The molecule has 0 bridgehead atoms. The van der Waals surface area contributed by atoms with Crippen molar-refractivity contribution in [2.45, 2.75) is 19.4 Å². The monoisotopic (exact) mass is 169 g/mol. The van der Waals surface area contributed by atoms with Crippen molar-refractivity contribution in [1.82, 2.24) is 0 Å². The Balaban J connectivity index is 3.73. The van der Waals surface area contributed by atoms with Crippen LogP contribution in [0.25, 0.3) is 0 Å². The number of ether oxygens (including phenoxy) is 1. The van der Waals surface area contributed by atoms with E-state index in [0.29, 0.717) is 0 Å². The number of nitrogens with zero attached hydrogens (tertiary/aromatic N) is 1. The average Bonchev–Trinajstić information content (AvgIpc) is 2.03. The number of rotatable bonds is 5. The Kier molecular flexibility index (Phi) is 4.73. The first-order chi connectivity index (χ1) is 5.59. The normalized spacial score (nSPS) is 11.7. The lowest BCUT2D eigenvalue weighted by atomic mass is 10.2. The van der Waals surface area contributed by atoms with Crippen LogP contribution in [0.2, 0.25) is 0 Å². The van der Waals surface area contributed by atoms with Crippen molar-refractivity contribution in [2.75, 3.05) is 6.61 Å². The van der Waals surface area contributed by atoms with Gasteiger partial charge in [0.2, 0.25) is 0 Å². The molecule has 66 valence electrons. The summed E-state index contributed by atoms with van der Waals surface area (Å²) in [5.41, 5.74) is 0.00735. The van der Waals surface area contributed by atoms with Crippen molar-refractivity contribution in [1.29, 1.82) is 5.26 Å². The summed E-state index contributed by atoms with van der Waals surface area (Å²) < 4.78 is 5.00. The highest BCUT2D eigenvalue weighted by molar-refractivity contribution is 5.86. The Morgan fingerprint density at radius 1 is 1.83 bits per heavy atom. The van der Waals surface area contributed by atoms with Crippen LogP contribution in [0, 0.1) is 11.3 Å². The lowest BCUT2D eigenvalue weighted by Crippen LogP contribution is -2.17. The average molecular weight is 169 g/mol. The van der Waals surface area contributed by atoms with Crippen LogP contribution in [0.5, 0.6) is 0 Å². The first-order valence-electron chi connectivity index (χ1n) is 3.50. The van der Waals surface area contributed by atoms with Crippen LogP contribution in [-0.4, -0.2) is 23.8 Å². The third-order valence-corrected chi connectivity index (χ3v) is 1.35. The highest BCUT2D eigenvalue weighted by Gasteiger charge is 2.12. The number of carboxylic acid groups (broad SMARTS) is 1. The highest BCUT2D eigenvalue weighted by Crippen LogP contribution is 2.03. The highest BCUT2D eigenvalue weighted by atomic mass is 16.5. The van der Waals surface area contributed by atoms with Crippen LogP contribution in [0.1, 0.15) is 13.3 Å². The maximum atomic E-state index is 10.3. The molecule has 0 amide bonds. The first-order valence-corrected chi connectivity index (χ1v) is 3.50. The molecule has 0 aromatic carbocycles. The molecule has 0 aromatic rings. The third-order valence-electron chi connectivity index (χ3n) is 1.35. The number of hydrogen-bond acceptors (Lipinski definition) is 3. The Hall–Kier alpha value is -1.34. The van der Waals surface area contributed by atoms with Gasteiger partial charge in [0.1, 0.15) is 0 Å². The van der Waals surface area contributed by atoms with Crippen LogP contribution in [0.15, 0.2) is 12.2 Å². The SMILES string of the molecule is C=C(C(=O)O)C(C)OCCC#N. The van der Waals surface area contributed by atoms with E-state index < -0.39 is 12.1 Å². The van der Waals surface area contributed by atoms with Gasteiger partial charge in [-0.15, -0.1) is 0 Å². The Labute approximate surface area is 71.1 Å². The van der Waals surface area contributed by atoms with E-state index >= 15 is 0 Å². The van der Waals surface area contributed by atoms with Gasteiger partial charge in [0, 0.05) is 0 Å². The van der Waals surface area contributed by atoms with Crippen molar-refractivity contribution >= 4 is 5.97 Å². The molecule has 0 fully saturated rings. The molecule has 0 aliphatic heterocycles. The van der Waals surface area contributed by atoms with E-state index in [1.165, 1.54) is 0 Å². The number of carboxylic acids is 1. The van der Waals surface area contributed by atoms with Gasteiger partial charge in [0.25, 0.3) is 0 Å². The van der Waals surface area contributed by atoms with Gasteiger partial charge in [0.15, 0.2) is 0 Å². The van der Waals surface area contributed by atoms with Gasteiger partial charge in [-0.1, -0.05) is 6.58 Å². The Bertz CT molecular complexity index is 217. The van der Waals surface area contributed by atoms with E-state index in [9.17, 15) is 4.79 Å². The molecule has 0 saturated carbocycles. The first kappa shape index (κ1) is 10.7. The van der Waals surface area contributed by atoms with Gasteiger partial charge >= 0.3 is 5.97 Å². The minimum Gasteiger partial charge on any atom is -0.478 e. The topological polar surface area (TPSA) is 70.3 Å². The van der Waals surface area contributed by atoms with E-state index in [2.05, 4.69) is 6.58 Å². The molecule has 0 rings (SSSR count). The van der Waals surface area contributed by atoms with Gasteiger partial charge < -0.3 is 9.84 Å². The molecule has 0 spiro atoms. The number of nitriles is 1. The van der Waals surface area contributed by atoms with E-state index in [1.807, 2.05) is 6.07 Å². The van der Waals surface area contributed by atoms with Crippen molar-refractivity contribution in [3.63, 3.8) is 0 Å². The summed E-state index contributed by atoms with van der Waals surface area (Å²) in [6.07, 6.45) is -0.270. The van der Waals surface area contributed by atoms with Gasteiger partial charge in [-0.2, -0.15) is 5.26 Å². The van der Waals surface area contributed by atoms with Crippen LogP contribution in [0.3, 0.4) is 0 Å². The smallest absolute Gasteiger partial charge is 0.333 e. The van der Waals surface area contributed by atoms with Crippen molar-refractivity contribution < 1.29 is 14.6 Å². The van der Waals surface area contributed by atoms with Gasteiger partial charge in [-0.3, -0.25) is 0 Å². The molecule has 0 heterocycles. The zero-order chi connectivity index (χ0) is 9.56. The van der Waals surface area contributed by atoms with Crippen LogP contribution >= 0.6 is 0 Å². The maximum absolute atomic E-state index is 10.3. The van der Waals surface area contributed by atoms with E-state index in [0.717, 1.165) is 0 Å². The van der Waals surface area contributed by atoms with Gasteiger partial charge in [-0.25, -0.2) is 4.79 Å². The molecule has 12 heavy (non-hydrogen) atoms. The maximum Gasteiger partial charge on any atom is 0.333 e. The minimum atomic E-state index is -1.07. The second-order valence-electron chi connectivity index (χ2n) is 2.25. The van der Waals surface area contributed by atoms with Crippen LogP contribution in [0.4, 0.5) is 0 Å². The second kappa shape index (κ2) is 5.33. The van der Waals surface area contributed by atoms with Gasteiger partial charge in [0.05, 0.1) is 30.8 Å². The van der Waals surface area contributed by atoms with E-state index in [4.69, 9.17) is 15.1 Å². The fraction of sp³-hybridized carbons (Fsp3) is 0.500. The molecule has 0 aliphatic rings. The molecular weight excluding hydrogens is 158 g/mol. The number of hydrogen-bond donors (Lipinski definition) is 1. The fourth-order valence-electron chi connectivity index (χ4n) is 0.556. The summed E-state index contributed by atoms with van der Waals surface area (Å²) >= 11 is 0. The van der Waals surface area contributed by atoms with Crippen molar-refractivity contribution in [3.05, 3.63) is 12.2 Å². The molecule has 0 aromatic heterocycles. The molecule has 4 heteroatoms. The van der Waals surface area contributed by atoms with Crippen molar-refractivity contribution in [3.8, 4) is 6.07 Å². The molecule has 0 saturated heterocycles. The lowest BCUT2D eigenvalue weighted by Gasteiger charge is -2.10. The molecule has 0 radical (unpaired) electrons. The summed E-state index contributed by atoms with van der Waals surface area (Å²) in [5, 5.41) is 16.6. The third kappa shape index (κ3) is 3.74. The minimum absolute atomic E-state index is 0.00735. The summed E-state index contributed by atoms with van der Waals surface area (Å²) in [5.74, 6) is -1.07. The lowest BCUT2D eigenvalue weighted by molar-refractivity contribution is -0.134. The summed E-state index contributed by atoms with van der Waals surface area (Å²) in [4.78, 5) is 10.3. The Morgan fingerprint density at radius 3 is 2.83 bits per heavy atom. The zero-order valence-electron chi connectivity index (χ0n) is 6.91. The largest absolute Gasteiger partial charge is 0.478 e. The van der Waals surface area contributed by atoms with Crippen LogP contribution in [-0.2, 0) is 9.53 Å². The summed E-state index contributed by atoms with van der Waals surface area (Å²) in [6, 6.07) is 1.89. The molecule has 4 nitrogen and oxygen atoms in total. The molecule has 0 aliphatic carbocycles. The number of carbonyl (C=O) groups is 1. The van der Waals surface area contributed by atoms with Crippen LogP contribution < -0.4 is 0 Å². The molecule has 1 N–H and O–H groups in total. The quantitative estimate of drug-likeness (QED) is 0.491. The standard InChI is InChI=1S/C8H11NO3/c1-6(8(10)11)7(2)12-5-3-4-9/h7H,1,3,5H2,2H3,(H,10,11). The molecule has 1 unspecified atom stereocenters.